The second-order valence-corrected chi connectivity index (χ2v) is 9.19. The van der Waals surface area contributed by atoms with E-state index in [0.29, 0.717) is 11.8 Å². The first-order valence-electron chi connectivity index (χ1n) is 12.5. The lowest BCUT2D eigenvalue weighted by Gasteiger charge is -2.31. The molecule has 31 heavy (non-hydrogen) atoms. The van der Waals surface area contributed by atoms with E-state index in [4.69, 9.17) is 4.74 Å². The van der Waals surface area contributed by atoms with Crippen LogP contribution < -0.4 is 4.74 Å². The van der Waals surface area contributed by atoms with Crippen molar-refractivity contribution in [2.24, 2.45) is 11.8 Å². The maximum Gasteiger partial charge on any atom is 0.119 e. The summed E-state index contributed by atoms with van der Waals surface area (Å²) >= 11 is 0. The highest BCUT2D eigenvalue weighted by Gasteiger charge is 2.27. The van der Waals surface area contributed by atoms with Crippen molar-refractivity contribution in [2.75, 3.05) is 6.61 Å². The fraction of sp³-hybridized carbons (Fsp3) is 0.552. The van der Waals surface area contributed by atoms with Crippen LogP contribution in [-0.2, 0) is 0 Å². The molecule has 2 aromatic carbocycles. The van der Waals surface area contributed by atoms with Gasteiger partial charge >= 0.3 is 0 Å². The van der Waals surface area contributed by atoms with Crippen molar-refractivity contribution < 1.29 is 4.74 Å². The molecule has 0 N–H and O–H groups in total. The molecule has 1 aliphatic carbocycles. The standard InChI is InChI=1S/C29H39NO/c1-3-5-6-7-21-31-29-19-17-26(18-20-29)25-11-9-23(10-12-25)24-13-15-27(16-14-24)28(22-30)8-4-2/h9-12,17-20,24,27-28H,3-8,13-16,21H2,1-2H3. The number of ether oxygens (including phenoxy) is 1. The molecule has 0 aromatic heterocycles. The molecular formula is C29H39NO. The van der Waals surface area contributed by atoms with Crippen LogP contribution in [-0.4, -0.2) is 6.61 Å². The van der Waals surface area contributed by atoms with Gasteiger partial charge in [-0.25, -0.2) is 0 Å². The van der Waals surface area contributed by atoms with Gasteiger partial charge in [-0.05, 0) is 79.2 Å². The van der Waals surface area contributed by atoms with Gasteiger partial charge in [0.15, 0.2) is 0 Å². The number of unbranched alkanes of at least 4 members (excludes halogenated alkanes) is 3. The summed E-state index contributed by atoms with van der Waals surface area (Å²) in [7, 11) is 0. The summed E-state index contributed by atoms with van der Waals surface area (Å²) in [6.45, 7) is 5.23. The highest BCUT2D eigenvalue weighted by Crippen LogP contribution is 2.40. The van der Waals surface area contributed by atoms with Crippen LogP contribution in [0.25, 0.3) is 11.1 Å². The maximum atomic E-state index is 9.46. The molecule has 0 bridgehead atoms. The molecule has 1 atom stereocenters. The lowest BCUT2D eigenvalue weighted by atomic mass is 9.73. The third-order valence-electron chi connectivity index (χ3n) is 6.94. The zero-order valence-corrected chi connectivity index (χ0v) is 19.5. The smallest absolute Gasteiger partial charge is 0.119 e. The first-order chi connectivity index (χ1) is 15.2. The predicted octanol–water partition coefficient (Wildman–Crippen LogP) is 8.53. The molecule has 2 heteroatoms. The Morgan fingerprint density at radius 2 is 1.48 bits per heavy atom. The van der Waals surface area contributed by atoms with Gasteiger partial charge in [0.1, 0.15) is 5.75 Å². The Morgan fingerprint density at radius 1 is 0.839 bits per heavy atom. The van der Waals surface area contributed by atoms with E-state index in [1.165, 1.54) is 61.6 Å². The SMILES string of the molecule is CCCCCCOc1ccc(-c2ccc(C3CCC(C(C#N)CCC)CC3)cc2)cc1. The van der Waals surface area contributed by atoms with Crippen LogP contribution in [0, 0.1) is 23.2 Å². The summed E-state index contributed by atoms with van der Waals surface area (Å²) in [5, 5.41) is 9.46. The molecule has 0 aliphatic heterocycles. The molecule has 0 radical (unpaired) electrons. The van der Waals surface area contributed by atoms with Crippen LogP contribution in [0.4, 0.5) is 0 Å². The fourth-order valence-corrected chi connectivity index (χ4v) is 4.98. The summed E-state index contributed by atoms with van der Waals surface area (Å²) in [6, 6.07) is 20.2. The lowest BCUT2D eigenvalue weighted by molar-refractivity contribution is 0.259. The zero-order valence-electron chi connectivity index (χ0n) is 19.5. The minimum atomic E-state index is 0.261. The summed E-state index contributed by atoms with van der Waals surface area (Å²) in [5.41, 5.74) is 3.96. The van der Waals surface area contributed by atoms with Gasteiger partial charge in [-0.2, -0.15) is 5.26 Å². The van der Waals surface area contributed by atoms with Crippen LogP contribution in [0.5, 0.6) is 5.75 Å². The summed E-state index contributed by atoms with van der Waals surface area (Å²) in [6.07, 6.45) is 11.9. The van der Waals surface area contributed by atoms with Crippen molar-refractivity contribution in [2.45, 2.75) is 84.0 Å². The molecule has 0 saturated heterocycles. The largest absolute Gasteiger partial charge is 0.494 e. The molecule has 0 heterocycles. The van der Waals surface area contributed by atoms with Crippen molar-refractivity contribution in [1.29, 1.82) is 5.26 Å². The summed E-state index contributed by atoms with van der Waals surface area (Å²) in [5.74, 6) is 2.48. The van der Waals surface area contributed by atoms with Crippen molar-refractivity contribution in [3.8, 4) is 22.9 Å². The molecule has 0 spiro atoms. The molecule has 1 aliphatic rings. The molecule has 3 rings (SSSR count). The number of benzene rings is 2. The summed E-state index contributed by atoms with van der Waals surface area (Å²) < 4.78 is 5.87. The van der Waals surface area contributed by atoms with E-state index in [9.17, 15) is 5.26 Å². The van der Waals surface area contributed by atoms with E-state index in [1.54, 1.807) is 0 Å². The predicted molar refractivity (Wildman–Crippen MR) is 130 cm³/mol. The van der Waals surface area contributed by atoms with Crippen molar-refractivity contribution in [3.05, 3.63) is 54.1 Å². The zero-order chi connectivity index (χ0) is 21.9. The highest BCUT2D eigenvalue weighted by molar-refractivity contribution is 5.64. The van der Waals surface area contributed by atoms with Crippen LogP contribution in [0.2, 0.25) is 0 Å². The molecule has 166 valence electrons. The number of hydrogen-bond acceptors (Lipinski definition) is 2. The Bertz CT molecular complexity index is 794. The lowest BCUT2D eigenvalue weighted by Crippen LogP contribution is -2.20. The van der Waals surface area contributed by atoms with E-state index in [2.05, 4.69) is 68.4 Å². The molecular weight excluding hydrogens is 378 g/mol. The highest BCUT2D eigenvalue weighted by atomic mass is 16.5. The Hall–Kier alpha value is -2.27. The third-order valence-corrected chi connectivity index (χ3v) is 6.94. The number of rotatable bonds is 11. The number of hydrogen-bond donors (Lipinski definition) is 0. The Labute approximate surface area is 189 Å². The Kier molecular flexibility index (Phi) is 9.47. The average molecular weight is 418 g/mol. The van der Waals surface area contributed by atoms with Crippen LogP contribution in [0.15, 0.2) is 48.5 Å². The molecule has 2 aromatic rings. The van der Waals surface area contributed by atoms with Crippen LogP contribution >= 0.6 is 0 Å². The van der Waals surface area contributed by atoms with Gasteiger partial charge in [-0.1, -0.05) is 75.9 Å². The van der Waals surface area contributed by atoms with E-state index in [0.717, 1.165) is 31.6 Å². The Morgan fingerprint density at radius 3 is 2.06 bits per heavy atom. The molecule has 2 nitrogen and oxygen atoms in total. The molecule has 1 saturated carbocycles. The average Bonchev–Trinajstić information content (AvgIpc) is 2.83. The first kappa shape index (κ1) is 23.4. The van der Waals surface area contributed by atoms with E-state index >= 15 is 0 Å². The normalized spacial score (nSPS) is 19.5. The van der Waals surface area contributed by atoms with Gasteiger partial charge in [-0.15, -0.1) is 0 Å². The maximum absolute atomic E-state index is 9.46. The summed E-state index contributed by atoms with van der Waals surface area (Å²) in [4.78, 5) is 0. The Balaban J connectivity index is 1.51. The van der Waals surface area contributed by atoms with Gasteiger partial charge in [0.2, 0.25) is 0 Å². The van der Waals surface area contributed by atoms with E-state index < -0.39 is 0 Å². The third kappa shape index (κ3) is 6.86. The monoisotopic (exact) mass is 417 g/mol. The van der Waals surface area contributed by atoms with Gasteiger partial charge < -0.3 is 4.74 Å². The van der Waals surface area contributed by atoms with Gasteiger partial charge in [0.05, 0.1) is 12.7 Å². The topological polar surface area (TPSA) is 33.0 Å². The molecule has 1 unspecified atom stereocenters. The van der Waals surface area contributed by atoms with E-state index in [1.807, 2.05) is 0 Å². The number of nitrogens with zero attached hydrogens (tertiary/aromatic N) is 1. The number of nitriles is 1. The van der Waals surface area contributed by atoms with Crippen LogP contribution in [0.1, 0.15) is 89.5 Å². The van der Waals surface area contributed by atoms with Crippen LogP contribution in [0.3, 0.4) is 0 Å². The van der Waals surface area contributed by atoms with Crippen molar-refractivity contribution >= 4 is 0 Å². The minimum absolute atomic E-state index is 0.261. The molecule has 0 amide bonds. The molecule has 1 fully saturated rings. The quantitative estimate of drug-likeness (QED) is 0.343. The van der Waals surface area contributed by atoms with Gasteiger partial charge in [0, 0.05) is 5.92 Å². The minimum Gasteiger partial charge on any atom is -0.494 e. The second-order valence-electron chi connectivity index (χ2n) is 9.19. The van der Waals surface area contributed by atoms with Gasteiger partial charge in [0.25, 0.3) is 0 Å². The first-order valence-corrected chi connectivity index (χ1v) is 12.5. The fourth-order valence-electron chi connectivity index (χ4n) is 4.98. The van der Waals surface area contributed by atoms with Crippen molar-refractivity contribution in [1.82, 2.24) is 0 Å². The van der Waals surface area contributed by atoms with E-state index in [-0.39, 0.29) is 5.92 Å². The van der Waals surface area contributed by atoms with Gasteiger partial charge in [-0.3, -0.25) is 0 Å². The second kappa shape index (κ2) is 12.6. The van der Waals surface area contributed by atoms with Crippen molar-refractivity contribution in [3.63, 3.8) is 0 Å².